The zero-order valence-corrected chi connectivity index (χ0v) is 16.7. The van der Waals surface area contributed by atoms with E-state index in [4.69, 9.17) is 4.42 Å². The third-order valence-electron chi connectivity index (χ3n) is 5.41. The first-order valence-corrected chi connectivity index (χ1v) is 9.76. The molecule has 4 heterocycles. The number of hydrogen-bond donors (Lipinski definition) is 1. The number of carbonyl (C=O) groups excluding carboxylic acids is 1. The van der Waals surface area contributed by atoms with Crippen molar-refractivity contribution in [3.8, 4) is 0 Å². The molecule has 1 N–H and O–H groups in total. The second-order valence-electron chi connectivity index (χ2n) is 7.51. The molecule has 9 heteroatoms. The van der Waals surface area contributed by atoms with Gasteiger partial charge in [0, 0.05) is 12.1 Å². The highest BCUT2D eigenvalue weighted by molar-refractivity contribution is 9.10. The quantitative estimate of drug-likeness (QED) is 0.686. The highest BCUT2D eigenvalue weighted by Crippen LogP contribution is 2.40. The first-order chi connectivity index (χ1) is 13.0. The summed E-state index contributed by atoms with van der Waals surface area (Å²) in [7, 11) is 0. The smallest absolute Gasteiger partial charge is 0.258 e. The van der Waals surface area contributed by atoms with Crippen LogP contribution in [0.5, 0.6) is 0 Å². The van der Waals surface area contributed by atoms with Gasteiger partial charge < -0.3 is 14.6 Å². The second-order valence-corrected chi connectivity index (χ2v) is 8.36. The Kier molecular flexibility index (Phi) is 3.59. The molecule has 1 amide bonds. The molecule has 8 nitrogen and oxygen atoms in total. The predicted molar refractivity (Wildman–Crippen MR) is 102 cm³/mol. The maximum atomic E-state index is 13.4. The molecule has 3 aromatic heterocycles. The molecule has 0 bridgehead atoms. The van der Waals surface area contributed by atoms with Crippen molar-refractivity contribution in [3.63, 3.8) is 0 Å². The van der Waals surface area contributed by atoms with Gasteiger partial charge in [-0.15, -0.1) is 0 Å². The Balaban J connectivity index is 1.55. The summed E-state index contributed by atoms with van der Waals surface area (Å²) in [6.45, 7) is 5.72. The van der Waals surface area contributed by atoms with Gasteiger partial charge in [-0.2, -0.15) is 5.10 Å². The lowest BCUT2D eigenvalue weighted by atomic mass is 10.1. The number of rotatable bonds is 3. The van der Waals surface area contributed by atoms with Crippen molar-refractivity contribution in [2.75, 3.05) is 11.9 Å². The molecule has 27 heavy (non-hydrogen) atoms. The Morgan fingerprint density at radius 2 is 2.15 bits per heavy atom. The first-order valence-electron chi connectivity index (χ1n) is 8.97. The van der Waals surface area contributed by atoms with E-state index in [2.05, 4.69) is 43.2 Å². The minimum atomic E-state index is -0.0654. The molecule has 0 atom stereocenters. The summed E-state index contributed by atoms with van der Waals surface area (Å²) in [6, 6.07) is 0. The summed E-state index contributed by atoms with van der Waals surface area (Å²) in [5, 5.41) is 8.46. The molecule has 3 aromatic rings. The first kappa shape index (κ1) is 16.7. The van der Waals surface area contributed by atoms with Crippen LogP contribution in [0.15, 0.2) is 21.4 Å². The largest absolute Gasteiger partial charge is 0.442 e. The summed E-state index contributed by atoms with van der Waals surface area (Å²) in [6.07, 6.45) is 5.42. The normalized spacial score (nSPS) is 17.8. The topological polar surface area (TPSA) is 89.1 Å². The van der Waals surface area contributed by atoms with Gasteiger partial charge in [-0.1, -0.05) is 0 Å². The van der Waals surface area contributed by atoms with Gasteiger partial charge in [0.25, 0.3) is 5.91 Å². The van der Waals surface area contributed by atoms with Crippen molar-refractivity contribution in [3.05, 3.63) is 34.0 Å². The lowest BCUT2D eigenvalue weighted by Crippen LogP contribution is -2.38. The highest BCUT2D eigenvalue weighted by atomic mass is 79.9. The number of halogens is 1. The summed E-state index contributed by atoms with van der Waals surface area (Å²) in [5.41, 5.74) is 2.03. The maximum Gasteiger partial charge on any atom is 0.258 e. The van der Waals surface area contributed by atoms with E-state index in [1.165, 1.54) is 6.33 Å². The van der Waals surface area contributed by atoms with Crippen LogP contribution in [0.3, 0.4) is 0 Å². The summed E-state index contributed by atoms with van der Waals surface area (Å²) in [4.78, 5) is 23.9. The molecular formula is C18H19BrN6O2. The number of hydrogen-bond acceptors (Lipinski definition) is 6. The lowest BCUT2D eigenvalue weighted by molar-refractivity contribution is 0.0705. The van der Waals surface area contributed by atoms with Crippen LogP contribution in [-0.4, -0.2) is 42.6 Å². The minimum Gasteiger partial charge on any atom is -0.442 e. The molecule has 0 spiro atoms. The molecule has 1 aliphatic heterocycles. The van der Waals surface area contributed by atoms with E-state index < -0.39 is 0 Å². The number of amides is 1. The fourth-order valence-corrected chi connectivity index (χ4v) is 3.96. The van der Waals surface area contributed by atoms with Crippen molar-refractivity contribution in [1.29, 1.82) is 0 Å². The van der Waals surface area contributed by atoms with Crippen LogP contribution in [0.25, 0.3) is 11.1 Å². The maximum absolute atomic E-state index is 13.4. The van der Waals surface area contributed by atoms with Crippen molar-refractivity contribution < 1.29 is 9.21 Å². The van der Waals surface area contributed by atoms with Crippen molar-refractivity contribution in [1.82, 2.24) is 24.6 Å². The molecular weight excluding hydrogens is 412 g/mol. The minimum absolute atomic E-state index is 0.0370. The van der Waals surface area contributed by atoms with Gasteiger partial charge >= 0.3 is 0 Å². The van der Waals surface area contributed by atoms with Crippen LogP contribution in [0.2, 0.25) is 0 Å². The van der Waals surface area contributed by atoms with Crippen LogP contribution >= 0.6 is 15.9 Å². The van der Waals surface area contributed by atoms with E-state index >= 15 is 0 Å². The number of nitrogens with zero attached hydrogens (tertiary/aromatic N) is 5. The van der Waals surface area contributed by atoms with Gasteiger partial charge in [-0.05, 0) is 42.6 Å². The van der Waals surface area contributed by atoms with E-state index in [0.29, 0.717) is 47.9 Å². The predicted octanol–water partition coefficient (Wildman–Crippen LogP) is 3.11. The van der Waals surface area contributed by atoms with E-state index in [0.717, 1.165) is 23.0 Å². The Bertz CT molecular complexity index is 1070. The second kappa shape index (κ2) is 5.79. The highest BCUT2D eigenvalue weighted by Gasteiger charge is 2.39. The van der Waals surface area contributed by atoms with Crippen molar-refractivity contribution in [2.45, 2.75) is 45.3 Å². The van der Waals surface area contributed by atoms with E-state index in [1.54, 1.807) is 6.20 Å². The SMILES string of the molecule is Cc1oc2ncnc(NC3(C)CC3)c2c1C(=O)N1CCn2ncc(Br)c2C1. The fraction of sp³-hybridized carbons (Fsp3) is 0.444. The fourth-order valence-electron chi connectivity index (χ4n) is 3.54. The number of aryl methyl sites for hydroxylation is 1. The van der Waals surface area contributed by atoms with E-state index in [-0.39, 0.29) is 11.4 Å². The molecule has 0 unspecified atom stereocenters. The molecule has 1 saturated carbocycles. The van der Waals surface area contributed by atoms with Gasteiger partial charge in [0.05, 0.1) is 40.4 Å². The molecule has 0 aromatic carbocycles. The van der Waals surface area contributed by atoms with E-state index in [1.807, 2.05) is 16.5 Å². The number of nitrogens with one attached hydrogen (secondary N) is 1. The van der Waals surface area contributed by atoms with Crippen LogP contribution in [0, 0.1) is 6.92 Å². The number of carbonyl (C=O) groups is 1. The third kappa shape index (κ3) is 2.72. The number of furan rings is 1. The average molecular weight is 431 g/mol. The molecule has 1 aliphatic carbocycles. The van der Waals surface area contributed by atoms with Crippen molar-refractivity contribution in [2.24, 2.45) is 0 Å². The molecule has 2 aliphatic rings. The zero-order valence-electron chi connectivity index (χ0n) is 15.1. The molecule has 0 radical (unpaired) electrons. The molecule has 1 fully saturated rings. The van der Waals surface area contributed by atoms with Crippen LogP contribution in [-0.2, 0) is 13.1 Å². The van der Waals surface area contributed by atoms with Gasteiger partial charge in [-0.3, -0.25) is 9.48 Å². The summed E-state index contributed by atoms with van der Waals surface area (Å²) >= 11 is 3.51. The van der Waals surface area contributed by atoms with Gasteiger partial charge in [0.15, 0.2) is 0 Å². The number of anilines is 1. The van der Waals surface area contributed by atoms with Gasteiger partial charge in [-0.25, -0.2) is 9.97 Å². The van der Waals surface area contributed by atoms with Crippen LogP contribution < -0.4 is 5.32 Å². The van der Waals surface area contributed by atoms with E-state index in [9.17, 15) is 4.79 Å². The monoisotopic (exact) mass is 430 g/mol. The third-order valence-corrected chi connectivity index (χ3v) is 6.07. The van der Waals surface area contributed by atoms with Crippen LogP contribution in [0.1, 0.15) is 41.6 Å². The zero-order chi connectivity index (χ0) is 18.8. The Morgan fingerprint density at radius 1 is 1.33 bits per heavy atom. The lowest BCUT2D eigenvalue weighted by Gasteiger charge is -2.28. The number of aromatic nitrogens is 4. The molecule has 0 saturated heterocycles. The van der Waals surface area contributed by atoms with Crippen LogP contribution in [0.4, 0.5) is 5.82 Å². The molecule has 140 valence electrons. The number of fused-ring (bicyclic) bond motifs is 2. The Morgan fingerprint density at radius 3 is 2.93 bits per heavy atom. The summed E-state index contributed by atoms with van der Waals surface area (Å²) in [5.74, 6) is 1.17. The molecule has 5 rings (SSSR count). The van der Waals surface area contributed by atoms with Gasteiger partial charge in [0.1, 0.15) is 17.9 Å². The summed E-state index contributed by atoms with van der Waals surface area (Å²) < 4.78 is 8.65. The van der Waals surface area contributed by atoms with Crippen molar-refractivity contribution >= 4 is 38.8 Å². The Hall–Kier alpha value is -2.42. The Labute approximate surface area is 164 Å². The standard InChI is InChI=1S/C18H19BrN6O2/c1-10-13(17(26)24-5-6-25-12(8-24)11(19)7-22-25)14-15(23-18(2)3-4-18)20-9-21-16(14)27-10/h7,9H,3-6,8H2,1-2H3,(H,20,21,23). The van der Waals surface area contributed by atoms with Gasteiger partial charge in [0.2, 0.25) is 5.71 Å². The average Bonchev–Trinajstić information content (AvgIpc) is 3.10.